The van der Waals surface area contributed by atoms with Gasteiger partial charge < -0.3 is 0 Å². The molecule has 0 bridgehead atoms. The predicted octanol–water partition coefficient (Wildman–Crippen LogP) is 3.82. The number of Topliss-reactive ketones (excluding diaryl/α,β-unsaturated/α-hetero) is 1. The van der Waals surface area contributed by atoms with Gasteiger partial charge in [0, 0.05) is 11.3 Å². The topological polar surface area (TPSA) is 17.1 Å². The Bertz CT molecular complexity index is 197. The molecule has 1 saturated carbocycles. The molecule has 0 heterocycles. The van der Waals surface area contributed by atoms with Crippen LogP contribution < -0.4 is 0 Å². The highest BCUT2D eigenvalue weighted by Gasteiger charge is 2.36. The first kappa shape index (κ1) is 11.7. The Morgan fingerprint density at radius 3 is 2.07 bits per heavy atom. The van der Waals surface area contributed by atoms with Gasteiger partial charge in [-0.2, -0.15) is 0 Å². The highest BCUT2D eigenvalue weighted by Crippen LogP contribution is 2.35. The summed E-state index contributed by atoms with van der Waals surface area (Å²) in [7, 11) is 0. The molecular formula is C13H24O. The van der Waals surface area contributed by atoms with Crippen LogP contribution in [-0.2, 0) is 4.79 Å². The van der Waals surface area contributed by atoms with E-state index in [4.69, 9.17) is 0 Å². The van der Waals surface area contributed by atoms with Crippen LogP contribution in [0.3, 0.4) is 0 Å². The summed E-state index contributed by atoms with van der Waals surface area (Å²) in [5.41, 5.74) is -0.123. The van der Waals surface area contributed by atoms with Crippen molar-refractivity contribution in [2.75, 3.05) is 0 Å². The molecule has 0 N–H and O–H groups in total. The first-order valence-corrected chi connectivity index (χ1v) is 6.00. The molecule has 0 atom stereocenters. The van der Waals surface area contributed by atoms with Crippen molar-refractivity contribution in [1.82, 2.24) is 0 Å². The van der Waals surface area contributed by atoms with Crippen LogP contribution in [-0.4, -0.2) is 5.78 Å². The minimum absolute atomic E-state index is 0.123. The molecule has 1 heteroatoms. The Hall–Kier alpha value is -0.330. The summed E-state index contributed by atoms with van der Waals surface area (Å²) in [6.07, 6.45) is 6.10. The standard InChI is InChI=1S/C13H24O/c1-10(2)13(3,4)12(14)11-8-6-5-7-9-11/h10-11H,5-9H2,1-4H3. The molecule has 82 valence electrons. The van der Waals surface area contributed by atoms with Crippen LogP contribution in [0.2, 0.25) is 0 Å². The maximum absolute atomic E-state index is 12.3. The minimum Gasteiger partial charge on any atom is -0.299 e. The lowest BCUT2D eigenvalue weighted by atomic mass is 9.70. The van der Waals surface area contributed by atoms with Gasteiger partial charge in [0.1, 0.15) is 5.78 Å². The van der Waals surface area contributed by atoms with Crippen molar-refractivity contribution in [1.29, 1.82) is 0 Å². The maximum atomic E-state index is 12.3. The fraction of sp³-hybridized carbons (Fsp3) is 0.923. The van der Waals surface area contributed by atoms with Crippen molar-refractivity contribution in [2.45, 2.75) is 59.8 Å². The number of carbonyl (C=O) groups is 1. The van der Waals surface area contributed by atoms with E-state index in [0.717, 1.165) is 12.8 Å². The molecule has 0 aromatic rings. The van der Waals surface area contributed by atoms with E-state index in [-0.39, 0.29) is 5.41 Å². The molecule has 1 rings (SSSR count). The Labute approximate surface area is 88.3 Å². The largest absolute Gasteiger partial charge is 0.299 e. The van der Waals surface area contributed by atoms with Crippen molar-refractivity contribution in [3.8, 4) is 0 Å². The van der Waals surface area contributed by atoms with E-state index < -0.39 is 0 Å². The van der Waals surface area contributed by atoms with E-state index in [1.807, 2.05) is 0 Å². The van der Waals surface area contributed by atoms with Crippen LogP contribution in [0.1, 0.15) is 59.8 Å². The zero-order valence-electron chi connectivity index (χ0n) is 10.1. The van der Waals surface area contributed by atoms with E-state index in [2.05, 4.69) is 27.7 Å². The molecular weight excluding hydrogens is 172 g/mol. The zero-order valence-corrected chi connectivity index (χ0v) is 10.1. The van der Waals surface area contributed by atoms with Crippen molar-refractivity contribution >= 4 is 5.78 Å². The summed E-state index contributed by atoms with van der Waals surface area (Å²) in [4.78, 5) is 12.3. The molecule has 0 aromatic heterocycles. The third-order valence-electron chi connectivity index (χ3n) is 4.05. The van der Waals surface area contributed by atoms with Crippen LogP contribution in [0.5, 0.6) is 0 Å². The van der Waals surface area contributed by atoms with E-state index in [1.165, 1.54) is 19.3 Å². The van der Waals surface area contributed by atoms with Crippen LogP contribution >= 0.6 is 0 Å². The summed E-state index contributed by atoms with van der Waals surface area (Å²) in [5, 5.41) is 0. The SMILES string of the molecule is CC(C)C(C)(C)C(=O)C1CCCCC1. The summed E-state index contributed by atoms with van der Waals surface area (Å²) in [6.45, 7) is 8.52. The second-order valence-corrected chi connectivity index (χ2v) is 5.58. The van der Waals surface area contributed by atoms with Crippen LogP contribution in [0.25, 0.3) is 0 Å². The van der Waals surface area contributed by atoms with Crippen molar-refractivity contribution in [2.24, 2.45) is 17.3 Å². The molecule has 0 aromatic carbocycles. The van der Waals surface area contributed by atoms with E-state index in [0.29, 0.717) is 17.6 Å². The Morgan fingerprint density at radius 1 is 1.14 bits per heavy atom. The molecule has 0 saturated heterocycles. The highest BCUT2D eigenvalue weighted by atomic mass is 16.1. The summed E-state index contributed by atoms with van der Waals surface area (Å²) in [6, 6.07) is 0. The van der Waals surface area contributed by atoms with Gasteiger partial charge in [0.25, 0.3) is 0 Å². The number of ketones is 1. The van der Waals surface area contributed by atoms with Crippen molar-refractivity contribution in [3.05, 3.63) is 0 Å². The number of hydrogen-bond acceptors (Lipinski definition) is 1. The molecule has 0 aliphatic heterocycles. The Morgan fingerprint density at radius 2 is 1.64 bits per heavy atom. The van der Waals surface area contributed by atoms with Crippen molar-refractivity contribution in [3.63, 3.8) is 0 Å². The second kappa shape index (κ2) is 4.46. The lowest BCUT2D eigenvalue weighted by molar-refractivity contribution is -0.134. The minimum atomic E-state index is -0.123. The molecule has 0 unspecified atom stereocenters. The summed E-state index contributed by atoms with van der Waals surface area (Å²) >= 11 is 0. The highest BCUT2D eigenvalue weighted by molar-refractivity contribution is 5.86. The lowest BCUT2D eigenvalue weighted by Crippen LogP contribution is -2.36. The van der Waals surface area contributed by atoms with Crippen molar-refractivity contribution < 1.29 is 4.79 Å². The van der Waals surface area contributed by atoms with Gasteiger partial charge in [-0.15, -0.1) is 0 Å². The average molecular weight is 196 g/mol. The monoisotopic (exact) mass is 196 g/mol. The zero-order chi connectivity index (χ0) is 10.8. The van der Waals surface area contributed by atoms with Crippen LogP contribution in [0.4, 0.5) is 0 Å². The van der Waals surface area contributed by atoms with E-state index in [9.17, 15) is 4.79 Å². The third kappa shape index (κ3) is 2.37. The Kier molecular flexibility index (Phi) is 3.74. The lowest BCUT2D eigenvalue weighted by Gasteiger charge is -2.33. The fourth-order valence-electron chi connectivity index (χ4n) is 2.18. The fourth-order valence-corrected chi connectivity index (χ4v) is 2.18. The average Bonchev–Trinajstić information content (AvgIpc) is 2.17. The van der Waals surface area contributed by atoms with E-state index >= 15 is 0 Å². The summed E-state index contributed by atoms with van der Waals surface area (Å²) in [5.74, 6) is 1.32. The summed E-state index contributed by atoms with van der Waals surface area (Å²) < 4.78 is 0. The number of rotatable bonds is 3. The van der Waals surface area contributed by atoms with Gasteiger partial charge in [0.2, 0.25) is 0 Å². The van der Waals surface area contributed by atoms with Gasteiger partial charge in [-0.05, 0) is 18.8 Å². The van der Waals surface area contributed by atoms with Gasteiger partial charge in [-0.3, -0.25) is 4.79 Å². The normalized spacial score (nSPS) is 20.1. The molecule has 0 spiro atoms. The van der Waals surface area contributed by atoms with Gasteiger partial charge in [0.05, 0.1) is 0 Å². The quantitative estimate of drug-likeness (QED) is 0.670. The van der Waals surface area contributed by atoms with Gasteiger partial charge in [-0.1, -0.05) is 47.0 Å². The number of hydrogen-bond donors (Lipinski definition) is 0. The maximum Gasteiger partial charge on any atom is 0.141 e. The molecule has 0 amide bonds. The van der Waals surface area contributed by atoms with Gasteiger partial charge >= 0.3 is 0 Å². The molecule has 14 heavy (non-hydrogen) atoms. The van der Waals surface area contributed by atoms with Crippen LogP contribution in [0, 0.1) is 17.3 Å². The molecule has 1 fully saturated rings. The third-order valence-corrected chi connectivity index (χ3v) is 4.05. The second-order valence-electron chi connectivity index (χ2n) is 5.58. The predicted molar refractivity (Wildman–Crippen MR) is 60.2 cm³/mol. The molecule has 1 aliphatic carbocycles. The van der Waals surface area contributed by atoms with Crippen LogP contribution in [0.15, 0.2) is 0 Å². The Balaban J connectivity index is 2.63. The smallest absolute Gasteiger partial charge is 0.141 e. The first-order chi connectivity index (χ1) is 6.46. The molecule has 1 aliphatic rings. The first-order valence-electron chi connectivity index (χ1n) is 6.00. The molecule has 1 nitrogen and oxygen atoms in total. The van der Waals surface area contributed by atoms with E-state index in [1.54, 1.807) is 0 Å². The van der Waals surface area contributed by atoms with Gasteiger partial charge in [-0.25, -0.2) is 0 Å². The van der Waals surface area contributed by atoms with Gasteiger partial charge in [0.15, 0.2) is 0 Å². The number of carbonyl (C=O) groups excluding carboxylic acids is 1. The molecule has 0 radical (unpaired) electrons.